The first-order valence-corrected chi connectivity index (χ1v) is 11.9. The van der Waals surface area contributed by atoms with Crippen LogP contribution in [0.5, 0.6) is 0 Å². The second-order valence-electron chi connectivity index (χ2n) is 9.85. The molecule has 0 radical (unpaired) electrons. The van der Waals surface area contributed by atoms with Gasteiger partial charge in [-0.15, -0.1) is 0 Å². The number of carboxylic acids is 1. The van der Waals surface area contributed by atoms with Gasteiger partial charge in [-0.05, 0) is 61.8 Å². The number of halogens is 5. The summed E-state index contributed by atoms with van der Waals surface area (Å²) in [6.45, 7) is 0. The molecule has 3 aliphatic carbocycles. The van der Waals surface area contributed by atoms with E-state index in [-0.39, 0.29) is 45.5 Å². The van der Waals surface area contributed by atoms with Crippen molar-refractivity contribution >= 4 is 33.6 Å². The van der Waals surface area contributed by atoms with Crippen LogP contribution < -0.4 is 5.32 Å². The number of fused-ring (bicyclic) bond motifs is 5. The molecule has 0 saturated heterocycles. The van der Waals surface area contributed by atoms with E-state index in [9.17, 15) is 31.9 Å². The van der Waals surface area contributed by atoms with Crippen LogP contribution in [-0.4, -0.2) is 32.1 Å². The smallest absolute Gasteiger partial charge is 0.416 e. The van der Waals surface area contributed by atoms with Crippen molar-refractivity contribution in [1.29, 1.82) is 0 Å². The summed E-state index contributed by atoms with van der Waals surface area (Å²) in [5, 5.41) is 13.6. The molecule has 3 saturated carbocycles. The zero-order valence-electron chi connectivity index (χ0n) is 19.2. The van der Waals surface area contributed by atoms with Gasteiger partial charge >= 0.3 is 12.1 Å². The van der Waals surface area contributed by atoms with Crippen molar-refractivity contribution < 1.29 is 31.9 Å². The molecule has 0 spiro atoms. The first-order valence-electron chi connectivity index (χ1n) is 11.9. The van der Waals surface area contributed by atoms with E-state index in [4.69, 9.17) is 0 Å². The molecule has 2 heterocycles. The van der Waals surface area contributed by atoms with Crippen LogP contribution in [-0.2, 0) is 11.0 Å². The number of carboxylic acid groups (broad SMARTS) is 1. The zero-order valence-corrected chi connectivity index (χ0v) is 19.2. The topological polar surface area (TPSA) is 90.9 Å². The van der Waals surface area contributed by atoms with Crippen LogP contribution in [0.2, 0.25) is 0 Å². The molecule has 3 N–H and O–H groups in total. The fraction of sp³-hybridized carbons (Fsp3) is 0.346. The van der Waals surface area contributed by atoms with Crippen LogP contribution >= 0.6 is 0 Å². The third-order valence-corrected chi connectivity index (χ3v) is 7.78. The van der Waals surface area contributed by atoms with Crippen LogP contribution in [0.3, 0.4) is 0 Å². The summed E-state index contributed by atoms with van der Waals surface area (Å²) in [4.78, 5) is 23.7. The monoisotopic (exact) mass is 516 g/mol. The Labute approximate surface area is 206 Å². The Balaban J connectivity index is 1.53. The lowest BCUT2D eigenvalue weighted by molar-refractivity contribution is -0.148. The van der Waals surface area contributed by atoms with Crippen LogP contribution in [0, 0.1) is 29.4 Å². The Hall–Kier alpha value is -3.76. The number of nitrogens with one attached hydrogen (secondary N) is 2. The van der Waals surface area contributed by atoms with Gasteiger partial charge < -0.3 is 15.4 Å². The van der Waals surface area contributed by atoms with Crippen molar-refractivity contribution in [3.05, 3.63) is 53.7 Å². The van der Waals surface area contributed by atoms with Crippen molar-refractivity contribution in [2.45, 2.75) is 37.9 Å². The average molecular weight is 516 g/mol. The molecule has 2 atom stereocenters. The molecule has 6 nitrogen and oxygen atoms in total. The highest BCUT2D eigenvalue weighted by molar-refractivity contribution is 5.97. The number of aromatic nitrogens is 3. The van der Waals surface area contributed by atoms with Gasteiger partial charge in [-0.3, -0.25) is 4.79 Å². The zero-order chi connectivity index (χ0) is 26.1. The number of aliphatic carboxylic acids is 1. The molecular weight excluding hydrogens is 495 g/mol. The van der Waals surface area contributed by atoms with E-state index < -0.39 is 41.3 Å². The van der Waals surface area contributed by atoms with Crippen LogP contribution in [0.1, 0.15) is 31.2 Å². The van der Waals surface area contributed by atoms with Gasteiger partial charge in [-0.25, -0.2) is 18.7 Å². The summed E-state index contributed by atoms with van der Waals surface area (Å²) in [7, 11) is 0. The second kappa shape index (κ2) is 8.39. The number of carbonyl (C=O) groups is 1. The van der Waals surface area contributed by atoms with Gasteiger partial charge in [-0.1, -0.05) is 0 Å². The Morgan fingerprint density at radius 1 is 1.00 bits per heavy atom. The maximum absolute atomic E-state index is 14.3. The fourth-order valence-corrected chi connectivity index (χ4v) is 6.05. The number of hydrogen-bond donors (Lipinski definition) is 3. The molecule has 2 unspecified atom stereocenters. The minimum absolute atomic E-state index is 0.00368. The normalized spacial score (nSPS) is 23.6. The molecule has 3 fully saturated rings. The highest BCUT2D eigenvalue weighted by Gasteiger charge is 2.47. The van der Waals surface area contributed by atoms with Crippen molar-refractivity contribution in [2.24, 2.45) is 17.8 Å². The van der Waals surface area contributed by atoms with Gasteiger partial charge in [0.1, 0.15) is 17.5 Å². The standard InChI is InChI=1S/C26H21F5N4O2/c27-14-8-16-17(10-32-22(16)18(28)9-14)24-33-19-7-13(26(29,30)31)5-6-15(19)23(35-24)34-21-12-3-1-11(2-4-12)20(21)25(36)37/h5-12,20-21,32H,1-4H2,(H,36,37)(H,33,34,35). The molecule has 2 aromatic heterocycles. The number of aromatic amines is 1. The summed E-state index contributed by atoms with van der Waals surface area (Å²) in [6, 6.07) is 4.43. The lowest BCUT2D eigenvalue weighted by Gasteiger charge is -2.47. The number of hydrogen-bond acceptors (Lipinski definition) is 4. The Morgan fingerprint density at radius 2 is 1.73 bits per heavy atom. The van der Waals surface area contributed by atoms with E-state index in [1.165, 1.54) is 12.3 Å². The van der Waals surface area contributed by atoms with Crippen LogP contribution in [0.4, 0.5) is 27.8 Å². The molecule has 4 aromatic rings. The van der Waals surface area contributed by atoms with Gasteiger partial charge in [0.15, 0.2) is 5.82 Å². The van der Waals surface area contributed by atoms with E-state index in [0.29, 0.717) is 5.39 Å². The minimum atomic E-state index is -4.61. The Morgan fingerprint density at radius 3 is 2.43 bits per heavy atom. The minimum Gasteiger partial charge on any atom is -0.481 e. The molecule has 2 aromatic carbocycles. The molecule has 3 aliphatic rings. The van der Waals surface area contributed by atoms with Crippen molar-refractivity contribution in [1.82, 2.24) is 15.0 Å². The molecule has 192 valence electrons. The van der Waals surface area contributed by atoms with E-state index in [2.05, 4.69) is 20.3 Å². The number of rotatable bonds is 4. The maximum Gasteiger partial charge on any atom is 0.416 e. The highest BCUT2D eigenvalue weighted by Crippen LogP contribution is 2.47. The van der Waals surface area contributed by atoms with Gasteiger partial charge in [0.25, 0.3) is 0 Å². The number of H-pyrrole nitrogens is 1. The predicted molar refractivity (Wildman–Crippen MR) is 126 cm³/mol. The first kappa shape index (κ1) is 23.6. The molecule has 2 bridgehead atoms. The summed E-state index contributed by atoms with van der Waals surface area (Å²) in [5.74, 6) is -3.02. The maximum atomic E-state index is 14.3. The largest absolute Gasteiger partial charge is 0.481 e. The molecule has 0 amide bonds. The SMILES string of the molecule is O=C(O)C1C2CCC(CC2)C1Nc1nc(-c2c[nH]c3c(F)cc(F)cc23)nc2cc(C(F)(F)F)ccc12. The summed E-state index contributed by atoms with van der Waals surface area (Å²) < 4.78 is 68.8. The number of alkyl halides is 3. The van der Waals surface area contributed by atoms with Gasteiger partial charge in [0, 0.05) is 34.6 Å². The van der Waals surface area contributed by atoms with Crippen molar-refractivity contribution in [3.8, 4) is 11.4 Å². The van der Waals surface area contributed by atoms with E-state index >= 15 is 0 Å². The fourth-order valence-electron chi connectivity index (χ4n) is 6.05. The Kier molecular flexibility index (Phi) is 5.36. The van der Waals surface area contributed by atoms with Crippen LogP contribution in [0.15, 0.2) is 36.5 Å². The highest BCUT2D eigenvalue weighted by atomic mass is 19.4. The molecular formula is C26H21F5N4O2. The quantitative estimate of drug-likeness (QED) is 0.274. The molecule has 37 heavy (non-hydrogen) atoms. The second-order valence-corrected chi connectivity index (χ2v) is 9.85. The van der Waals surface area contributed by atoms with Gasteiger partial charge in [-0.2, -0.15) is 13.2 Å². The lowest BCUT2D eigenvalue weighted by Crippen LogP contribution is -2.51. The van der Waals surface area contributed by atoms with E-state index in [0.717, 1.165) is 49.9 Å². The average Bonchev–Trinajstić information content (AvgIpc) is 3.27. The number of benzene rings is 2. The number of nitrogens with zero attached hydrogens (tertiary/aromatic N) is 2. The van der Waals surface area contributed by atoms with Crippen LogP contribution in [0.25, 0.3) is 33.2 Å². The van der Waals surface area contributed by atoms with Crippen molar-refractivity contribution in [2.75, 3.05) is 5.32 Å². The van der Waals surface area contributed by atoms with Gasteiger partial charge in [0.05, 0.1) is 22.5 Å². The molecule has 0 aliphatic heterocycles. The van der Waals surface area contributed by atoms with E-state index in [1.54, 1.807) is 0 Å². The summed E-state index contributed by atoms with van der Waals surface area (Å²) in [5.41, 5.74) is -0.724. The Bertz CT molecular complexity index is 1540. The summed E-state index contributed by atoms with van der Waals surface area (Å²) >= 11 is 0. The van der Waals surface area contributed by atoms with E-state index in [1.807, 2.05) is 0 Å². The third kappa shape index (κ3) is 3.96. The van der Waals surface area contributed by atoms with Crippen molar-refractivity contribution in [3.63, 3.8) is 0 Å². The molecule has 11 heteroatoms. The van der Waals surface area contributed by atoms with Gasteiger partial charge in [0.2, 0.25) is 0 Å². The molecule has 7 rings (SSSR count). The first-order chi connectivity index (χ1) is 17.6. The predicted octanol–water partition coefficient (Wildman–Crippen LogP) is 6.38. The lowest BCUT2D eigenvalue weighted by atomic mass is 9.61. The third-order valence-electron chi connectivity index (χ3n) is 7.78. The number of anilines is 1. The summed E-state index contributed by atoms with van der Waals surface area (Å²) in [6.07, 6.45) is 0.0850.